The average Bonchev–Trinajstić information content (AvgIpc) is 2.40. The summed E-state index contributed by atoms with van der Waals surface area (Å²) in [5.41, 5.74) is 0.201. The Hall–Kier alpha value is -3.02. The normalized spacial score (nSPS) is 10.4. The molecule has 0 bridgehead atoms. The third-order valence-corrected chi connectivity index (χ3v) is 2.87. The van der Waals surface area contributed by atoms with Gasteiger partial charge in [0, 0.05) is 17.2 Å². The number of rotatable bonds is 2. The van der Waals surface area contributed by atoms with Crippen LogP contribution < -0.4 is 0 Å². The Balaban J connectivity index is 2.58. The molecule has 0 amide bonds. The Kier molecular flexibility index (Phi) is 3.07. The van der Waals surface area contributed by atoms with Crippen molar-refractivity contribution in [3.63, 3.8) is 0 Å². The van der Waals surface area contributed by atoms with E-state index in [1.165, 1.54) is 6.07 Å². The molecule has 0 aliphatic rings. The minimum absolute atomic E-state index is 0.0562. The second kappa shape index (κ2) is 4.58. The quantitative estimate of drug-likeness (QED) is 0.368. The van der Waals surface area contributed by atoms with Crippen LogP contribution >= 0.6 is 0 Å². The first kappa shape index (κ1) is 13.4. The third kappa shape index (κ3) is 2.03. The van der Waals surface area contributed by atoms with Crippen molar-refractivity contribution in [2.24, 2.45) is 0 Å². The zero-order valence-corrected chi connectivity index (χ0v) is 10.2. The molecule has 0 spiro atoms. The fraction of sp³-hybridized carbons (Fsp3) is 0. The van der Waals surface area contributed by atoms with Gasteiger partial charge in [0.25, 0.3) is 0 Å². The van der Waals surface area contributed by atoms with Gasteiger partial charge in [-0.1, -0.05) is 6.58 Å². The number of phenols is 6. The Bertz CT molecular complexity index is 701. The molecule has 2 aromatic rings. The molecule has 0 aliphatic heterocycles. The summed E-state index contributed by atoms with van der Waals surface area (Å²) >= 11 is 0. The highest BCUT2D eigenvalue weighted by molar-refractivity contribution is 5.86. The number of aromatic hydroxyl groups is 6. The maximum absolute atomic E-state index is 9.76. The van der Waals surface area contributed by atoms with Gasteiger partial charge in [-0.05, 0) is 23.8 Å². The lowest BCUT2D eigenvalue weighted by Crippen LogP contribution is -1.89. The molecular weight excluding hydrogens is 264 g/mol. The number of benzene rings is 2. The van der Waals surface area contributed by atoms with Crippen LogP contribution in [0.25, 0.3) is 5.57 Å². The van der Waals surface area contributed by atoms with Gasteiger partial charge in [0.2, 0.25) is 5.75 Å². The third-order valence-electron chi connectivity index (χ3n) is 2.87. The van der Waals surface area contributed by atoms with Crippen LogP contribution in [-0.4, -0.2) is 30.6 Å². The predicted molar refractivity (Wildman–Crippen MR) is 71.0 cm³/mol. The van der Waals surface area contributed by atoms with Crippen LogP contribution in [0.3, 0.4) is 0 Å². The Labute approximate surface area is 113 Å². The van der Waals surface area contributed by atoms with Gasteiger partial charge in [-0.2, -0.15) is 0 Å². The molecule has 0 saturated heterocycles. The topological polar surface area (TPSA) is 121 Å². The van der Waals surface area contributed by atoms with E-state index in [1.54, 1.807) is 0 Å². The lowest BCUT2D eigenvalue weighted by molar-refractivity contribution is 0.367. The van der Waals surface area contributed by atoms with Crippen LogP contribution in [0.2, 0.25) is 0 Å². The summed E-state index contributed by atoms with van der Waals surface area (Å²) < 4.78 is 0. The number of hydrogen-bond donors (Lipinski definition) is 6. The molecule has 20 heavy (non-hydrogen) atoms. The molecule has 6 heteroatoms. The van der Waals surface area contributed by atoms with Crippen molar-refractivity contribution in [3.8, 4) is 34.5 Å². The SMILES string of the molecule is C=C(c1cc(O)c(O)cc1O)c1ccc(O)c(O)c1O. The molecule has 0 unspecified atom stereocenters. The lowest BCUT2D eigenvalue weighted by atomic mass is 9.97. The molecule has 0 aromatic heterocycles. The molecule has 2 aromatic carbocycles. The van der Waals surface area contributed by atoms with Gasteiger partial charge in [0.15, 0.2) is 23.0 Å². The van der Waals surface area contributed by atoms with E-state index in [0.717, 1.165) is 18.2 Å². The van der Waals surface area contributed by atoms with E-state index in [9.17, 15) is 30.6 Å². The highest BCUT2D eigenvalue weighted by atomic mass is 16.3. The summed E-state index contributed by atoms with van der Waals surface area (Å²) in [6.45, 7) is 3.65. The van der Waals surface area contributed by atoms with E-state index >= 15 is 0 Å². The van der Waals surface area contributed by atoms with Crippen molar-refractivity contribution in [3.05, 3.63) is 42.0 Å². The van der Waals surface area contributed by atoms with E-state index in [0.29, 0.717) is 0 Å². The van der Waals surface area contributed by atoms with Crippen LogP contribution in [-0.2, 0) is 0 Å². The maximum atomic E-state index is 9.76. The molecule has 0 saturated carbocycles. The van der Waals surface area contributed by atoms with Gasteiger partial charge >= 0.3 is 0 Å². The Morgan fingerprint density at radius 2 is 1.25 bits per heavy atom. The molecular formula is C14H12O6. The van der Waals surface area contributed by atoms with E-state index in [4.69, 9.17) is 0 Å². The highest BCUT2D eigenvalue weighted by Gasteiger charge is 2.18. The van der Waals surface area contributed by atoms with Crippen LogP contribution in [0, 0.1) is 0 Å². The molecule has 2 rings (SSSR count). The zero-order valence-electron chi connectivity index (χ0n) is 10.2. The fourth-order valence-corrected chi connectivity index (χ4v) is 1.77. The average molecular weight is 276 g/mol. The van der Waals surface area contributed by atoms with E-state index in [2.05, 4.69) is 6.58 Å². The summed E-state index contributed by atoms with van der Waals surface area (Å²) in [7, 11) is 0. The molecule has 0 aliphatic carbocycles. The first-order valence-electron chi connectivity index (χ1n) is 5.51. The largest absolute Gasteiger partial charge is 0.507 e. The number of phenolic OH excluding ortho intramolecular Hbond substituents is 6. The van der Waals surface area contributed by atoms with Gasteiger partial charge < -0.3 is 30.6 Å². The van der Waals surface area contributed by atoms with Gasteiger partial charge in [-0.15, -0.1) is 0 Å². The first-order valence-corrected chi connectivity index (χ1v) is 5.51. The summed E-state index contributed by atoms with van der Waals surface area (Å²) in [4.78, 5) is 0. The van der Waals surface area contributed by atoms with Crippen LogP contribution in [0.15, 0.2) is 30.8 Å². The first-order chi connectivity index (χ1) is 9.32. The molecule has 0 radical (unpaired) electrons. The predicted octanol–water partition coefficient (Wildman–Crippen LogP) is 1.98. The van der Waals surface area contributed by atoms with Gasteiger partial charge in [0.1, 0.15) is 5.75 Å². The van der Waals surface area contributed by atoms with E-state index in [-0.39, 0.29) is 22.4 Å². The van der Waals surface area contributed by atoms with Crippen molar-refractivity contribution in [2.75, 3.05) is 0 Å². The second-order valence-electron chi connectivity index (χ2n) is 4.17. The van der Waals surface area contributed by atoms with Crippen molar-refractivity contribution in [2.45, 2.75) is 0 Å². The smallest absolute Gasteiger partial charge is 0.200 e. The Morgan fingerprint density at radius 3 is 1.90 bits per heavy atom. The Morgan fingerprint density at radius 1 is 0.650 bits per heavy atom. The van der Waals surface area contributed by atoms with Crippen molar-refractivity contribution >= 4 is 5.57 Å². The molecule has 6 N–H and O–H groups in total. The molecule has 0 heterocycles. The summed E-state index contributed by atoms with van der Waals surface area (Å²) in [6.07, 6.45) is 0. The minimum atomic E-state index is -0.717. The van der Waals surface area contributed by atoms with Crippen molar-refractivity contribution in [1.82, 2.24) is 0 Å². The van der Waals surface area contributed by atoms with Gasteiger partial charge in [-0.25, -0.2) is 0 Å². The van der Waals surface area contributed by atoms with E-state index in [1.807, 2.05) is 0 Å². The standard InChI is InChI=1S/C14H12O6/c1-6(7-2-3-9(15)14(20)13(7)19)8-4-11(17)12(18)5-10(8)16/h2-5,15-20H,1H2. The molecule has 6 nitrogen and oxygen atoms in total. The van der Waals surface area contributed by atoms with Crippen LogP contribution in [0.4, 0.5) is 0 Å². The van der Waals surface area contributed by atoms with E-state index < -0.39 is 28.7 Å². The summed E-state index contributed by atoms with van der Waals surface area (Å²) in [5.74, 6) is -3.17. The second-order valence-corrected chi connectivity index (χ2v) is 4.17. The monoisotopic (exact) mass is 276 g/mol. The van der Waals surface area contributed by atoms with Crippen LogP contribution in [0.1, 0.15) is 11.1 Å². The highest BCUT2D eigenvalue weighted by Crippen LogP contribution is 2.44. The fourth-order valence-electron chi connectivity index (χ4n) is 1.77. The molecule has 104 valence electrons. The zero-order chi connectivity index (χ0) is 15.0. The van der Waals surface area contributed by atoms with Crippen molar-refractivity contribution in [1.29, 1.82) is 0 Å². The summed E-state index contributed by atoms with van der Waals surface area (Å²) in [5, 5.41) is 56.9. The molecule has 0 atom stereocenters. The van der Waals surface area contributed by atoms with Gasteiger partial charge in [0.05, 0.1) is 0 Å². The minimum Gasteiger partial charge on any atom is -0.507 e. The number of hydrogen-bond acceptors (Lipinski definition) is 6. The molecule has 0 fully saturated rings. The summed E-state index contributed by atoms with van der Waals surface area (Å²) in [6, 6.07) is 4.42. The lowest BCUT2D eigenvalue weighted by Gasteiger charge is -2.12. The maximum Gasteiger partial charge on any atom is 0.200 e. The van der Waals surface area contributed by atoms with Crippen molar-refractivity contribution < 1.29 is 30.6 Å². The van der Waals surface area contributed by atoms with Gasteiger partial charge in [-0.3, -0.25) is 0 Å². The van der Waals surface area contributed by atoms with Crippen LogP contribution in [0.5, 0.6) is 34.5 Å².